The number of nitrogens with zero attached hydrogens (tertiary/aromatic N) is 5. The van der Waals surface area contributed by atoms with Gasteiger partial charge in [-0.1, -0.05) is 72.3 Å². The van der Waals surface area contributed by atoms with Crippen LogP contribution in [0, 0.1) is 5.82 Å². The Morgan fingerprint density at radius 2 is 1.56 bits per heavy atom. The van der Waals surface area contributed by atoms with Crippen LogP contribution in [-0.2, 0) is 0 Å². The summed E-state index contributed by atoms with van der Waals surface area (Å²) in [5.74, 6) is -0.341. The summed E-state index contributed by atoms with van der Waals surface area (Å²) in [6, 6.07) is 29.4. The quantitative estimate of drug-likeness (QED) is 0.157. The predicted octanol–water partition coefficient (Wildman–Crippen LogP) is 8.29. The molecule has 0 atom stereocenters. The molecule has 0 aliphatic carbocycles. The molecule has 0 aliphatic rings. The van der Waals surface area contributed by atoms with Crippen LogP contribution in [0.1, 0.15) is 41.4 Å². The second kappa shape index (κ2) is 14.2. The summed E-state index contributed by atoms with van der Waals surface area (Å²) in [5, 5.41) is 7.28. The fourth-order valence-electron chi connectivity index (χ4n) is 4.72. The lowest BCUT2D eigenvalue weighted by Gasteiger charge is -2.14. The number of amides is 1. The second-order valence-corrected chi connectivity index (χ2v) is 11.3. The molecule has 9 nitrogen and oxygen atoms in total. The minimum absolute atomic E-state index is 0.0378. The van der Waals surface area contributed by atoms with Crippen LogP contribution in [0.25, 0.3) is 11.3 Å². The molecular weight excluding hydrogens is 631 g/mol. The van der Waals surface area contributed by atoms with E-state index in [9.17, 15) is 14.0 Å². The van der Waals surface area contributed by atoms with Crippen LogP contribution >= 0.6 is 11.6 Å². The van der Waals surface area contributed by atoms with Gasteiger partial charge in [-0.05, 0) is 44.2 Å². The summed E-state index contributed by atoms with van der Waals surface area (Å²) in [4.78, 5) is 40.1. The molecule has 0 saturated carbocycles. The minimum Gasteiger partial charge on any atom is -0.437 e. The summed E-state index contributed by atoms with van der Waals surface area (Å²) < 4.78 is 21.0. The molecule has 1 N–H and O–H groups in total. The highest BCUT2D eigenvalue weighted by molar-refractivity contribution is 6.34. The SMILES string of the molecule is CC(C)n1cc(C(=O)Nc2ccc(Oc3ccnc(N=C(c4ccccc4)c4ccccc4)c3Cl)nc2)c(=O)c(-c2ccc(F)cc2)n1. The van der Waals surface area contributed by atoms with Crippen LogP contribution in [0.3, 0.4) is 0 Å². The average molecular weight is 659 g/mol. The van der Waals surface area contributed by atoms with Crippen molar-refractivity contribution in [2.24, 2.45) is 4.99 Å². The smallest absolute Gasteiger partial charge is 0.261 e. The standard InChI is InChI=1S/C37H28ClFN6O3/c1-23(2)45-22-29(35(46)34(44-45)26-13-15-27(39)16-14-26)37(47)42-28-17-18-31(41-21-28)48-30-19-20-40-36(32(30)38)43-33(24-9-5-3-6-10-24)25-11-7-4-8-12-25/h3-23H,1-2H3,(H,42,47). The van der Waals surface area contributed by atoms with Crippen LogP contribution < -0.4 is 15.5 Å². The molecule has 0 aliphatic heterocycles. The normalized spacial score (nSPS) is 10.9. The topological polar surface area (TPSA) is 111 Å². The van der Waals surface area contributed by atoms with Crippen LogP contribution in [-0.4, -0.2) is 31.4 Å². The maximum Gasteiger partial charge on any atom is 0.261 e. The van der Waals surface area contributed by atoms with Gasteiger partial charge < -0.3 is 10.1 Å². The lowest BCUT2D eigenvalue weighted by molar-refractivity contribution is 0.102. The zero-order chi connectivity index (χ0) is 33.6. The number of pyridine rings is 2. The van der Waals surface area contributed by atoms with Gasteiger partial charge in [0, 0.05) is 47.3 Å². The fourth-order valence-corrected chi connectivity index (χ4v) is 4.92. The number of carbonyl (C=O) groups is 1. The molecule has 3 heterocycles. The first kappa shape index (κ1) is 32.0. The first-order valence-corrected chi connectivity index (χ1v) is 15.3. The Balaban J connectivity index is 1.23. The highest BCUT2D eigenvalue weighted by atomic mass is 35.5. The molecule has 11 heteroatoms. The molecule has 0 spiro atoms. The third-order valence-corrected chi connectivity index (χ3v) is 7.54. The summed E-state index contributed by atoms with van der Waals surface area (Å²) >= 11 is 6.73. The lowest BCUT2D eigenvalue weighted by atomic mass is 10.0. The van der Waals surface area contributed by atoms with E-state index in [1.807, 2.05) is 74.5 Å². The number of anilines is 1. The number of halogens is 2. The summed E-state index contributed by atoms with van der Waals surface area (Å²) in [6.07, 6.45) is 4.33. The molecule has 3 aromatic heterocycles. The van der Waals surface area contributed by atoms with Gasteiger partial charge in [0.1, 0.15) is 22.1 Å². The molecule has 6 aromatic rings. The first-order valence-electron chi connectivity index (χ1n) is 15.0. The Hall–Kier alpha value is -6.00. The Morgan fingerprint density at radius 1 is 0.896 bits per heavy atom. The first-order chi connectivity index (χ1) is 23.3. The predicted molar refractivity (Wildman–Crippen MR) is 184 cm³/mol. The van der Waals surface area contributed by atoms with Gasteiger partial charge in [-0.3, -0.25) is 14.3 Å². The highest BCUT2D eigenvalue weighted by Gasteiger charge is 2.19. The van der Waals surface area contributed by atoms with Crippen molar-refractivity contribution in [2.45, 2.75) is 19.9 Å². The second-order valence-electron chi connectivity index (χ2n) is 10.9. The van der Waals surface area contributed by atoms with Crippen molar-refractivity contribution in [3.8, 4) is 22.9 Å². The van der Waals surface area contributed by atoms with Gasteiger partial charge in [-0.25, -0.2) is 19.4 Å². The number of carbonyl (C=O) groups excluding carboxylic acids is 1. The molecular formula is C37H28ClFN6O3. The van der Waals surface area contributed by atoms with Crippen molar-refractivity contribution in [2.75, 3.05) is 5.32 Å². The summed E-state index contributed by atoms with van der Waals surface area (Å²) in [7, 11) is 0. The molecule has 3 aromatic carbocycles. The van der Waals surface area contributed by atoms with E-state index in [1.54, 1.807) is 24.4 Å². The van der Waals surface area contributed by atoms with Gasteiger partial charge in [0.05, 0.1) is 17.6 Å². The molecule has 6 rings (SSSR count). The van der Waals surface area contributed by atoms with Crippen LogP contribution in [0.5, 0.6) is 11.6 Å². The maximum absolute atomic E-state index is 13.5. The number of aromatic nitrogens is 4. The van der Waals surface area contributed by atoms with E-state index in [4.69, 9.17) is 21.3 Å². The largest absolute Gasteiger partial charge is 0.437 e. The van der Waals surface area contributed by atoms with Crippen molar-refractivity contribution >= 4 is 34.7 Å². The van der Waals surface area contributed by atoms with E-state index in [0.717, 1.165) is 11.1 Å². The van der Waals surface area contributed by atoms with Crippen molar-refractivity contribution in [1.29, 1.82) is 0 Å². The van der Waals surface area contributed by atoms with Gasteiger partial charge in [0.25, 0.3) is 5.91 Å². The van der Waals surface area contributed by atoms with Gasteiger partial charge in [0.2, 0.25) is 11.3 Å². The molecule has 48 heavy (non-hydrogen) atoms. The van der Waals surface area contributed by atoms with Crippen molar-refractivity contribution in [1.82, 2.24) is 19.7 Å². The van der Waals surface area contributed by atoms with Crippen LogP contribution in [0.4, 0.5) is 15.9 Å². The molecule has 238 valence electrons. The van der Waals surface area contributed by atoms with E-state index < -0.39 is 17.2 Å². The van der Waals surface area contributed by atoms with Crippen molar-refractivity contribution in [3.05, 3.63) is 159 Å². The molecule has 0 radical (unpaired) electrons. The Morgan fingerprint density at radius 3 is 2.17 bits per heavy atom. The van der Waals surface area contributed by atoms with Crippen LogP contribution in [0.2, 0.25) is 5.02 Å². The number of rotatable bonds is 9. The third-order valence-electron chi connectivity index (χ3n) is 7.18. The fraction of sp³-hybridized carbons (Fsp3) is 0.0811. The molecule has 0 saturated heterocycles. The van der Waals surface area contributed by atoms with Crippen LogP contribution in [0.15, 0.2) is 132 Å². The summed E-state index contributed by atoms with van der Waals surface area (Å²) in [5.41, 5.74) is 2.54. The summed E-state index contributed by atoms with van der Waals surface area (Å²) in [6.45, 7) is 3.73. The van der Waals surface area contributed by atoms with E-state index >= 15 is 0 Å². The minimum atomic E-state index is -0.650. The monoisotopic (exact) mass is 658 g/mol. The number of hydrogen-bond donors (Lipinski definition) is 1. The molecule has 0 fully saturated rings. The van der Waals surface area contributed by atoms with E-state index in [-0.39, 0.29) is 39.8 Å². The highest BCUT2D eigenvalue weighted by Crippen LogP contribution is 2.35. The number of benzene rings is 3. The van der Waals surface area contributed by atoms with E-state index in [0.29, 0.717) is 17.0 Å². The number of aliphatic imine (C=N–C) groups is 1. The number of nitrogens with one attached hydrogen (secondary N) is 1. The Labute approximate surface area is 280 Å². The van der Waals surface area contributed by atoms with Gasteiger partial charge >= 0.3 is 0 Å². The average Bonchev–Trinajstić information content (AvgIpc) is 3.10. The molecule has 1 amide bonds. The molecule has 0 unspecified atom stereocenters. The van der Waals surface area contributed by atoms with E-state index in [2.05, 4.69) is 20.4 Å². The van der Waals surface area contributed by atoms with Gasteiger partial charge in [0.15, 0.2) is 11.6 Å². The number of hydrogen-bond acceptors (Lipinski definition) is 7. The van der Waals surface area contributed by atoms with Gasteiger partial charge in [-0.2, -0.15) is 5.10 Å². The van der Waals surface area contributed by atoms with Gasteiger partial charge in [-0.15, -0.1) is 0 Å². The Bertz CT molecular complexity index is 2110. The van der Waals surface area contributed by atoms with E-state index in [1.165, 1.54) is 41.3 Å². The Kier molecular flexibility index (Phi) is 9.45. The lowest BCUT2D eigenvalue weighted by Crippen LogP contribution is -2.27. The van der Waals surface area contributed by atoms with Crippen molar-refractivity contribution < 1.29 is 13.9 Å². The third kappa shape index (κ3) is 7.19. The zero-order valence-corrected chi connectivity index (χ0v) is 26.6. The maximum atomic E-state index is 13.5. The zero-order valence-electron chi connectivity index (χ0n) is 25.8. The molecule has 0 bridgehead atoms. The number of ether oxygens (including phenoxy) is 1. The van der Waals surface area contributed by atoms with Crippen molar-refractivity contribution in [3.63, 3.8) is 0 Å².